The lowest BCUT2D eigenvalue weighted by atomic mass is 9.95. The molecule has 1 atom stereocenters. The summed E-state index contributed by atoms with van der Waals surface area (Å²) in [7, 11) is -2.38. The monoisotopic (exact) mass is 460 g/mol. The number of carbonyl (C=O) groups is 1. The van der Waals surface area contributed by atoms with Crippen LogP contribution in [0.25, 0.3) is 0 Å². The Kier molecular flexibility index (Phi) is 6.30. The second-order valence-electron chi connectivity index (χ2n) is 8.36. The van der Waals surface area contributed by atoms with Crippen molar-refractivity contribution in [3.8, 4) is 17.2 Å². The van der Waals surface area contributed by atoms with Gasteiger partial charge in [-0.15, -0.1) is 0 Å². The van der Waals surface area contributed by atoms with E-state index in [4.69, 9.17) is 14.2 Å². The van der Waals surface area contributed by atoms with E-state index >= 15 is 0 Å². The second-order valence-corrected chi connectivity index (χ2v) is 10.0. The largest absolute Gasteiger partial charge is 0.495 e. The summed E-state index contributed by atoms with van der Waals surface area (Å²) in [5, 5.41) is 3.03. The van der Waals surface area contributed by atoms with E-state index in [9.17, 15) is 13.2 Å². The van der Waals surface area contributed by atoms with Crippen LogP contribution in [0.3, 0.4) is 0 Å². The number of ether oxygens (including phenoxy) is 3. The molecule has 2 aliphatic rings. The van der Waals surface area contributed by atoms with Gasteiger partial charge in [0.15, 0.2) is 11.5 Å². The molecule has 1 heterocycles. The molecule has 4 rings (SSSR count). The third-order valence-corrected chi connectivity index (χ3v) is 7.03. The van der Waals surface area contributed by atoms with E-state index in [0.29, 0.717) is 24.7 Å². The molecule has 1 saturated carbocycles. The van der Waals surface area contributed by atoms with Gasteiger partial charge in [-0.2, -0.15) is 0 Å². The quantitative estimate of drug-likeness (QED) is 0.628. The van der Waals surface area contributed by atoms with E-state index in [0.717, 1.165) is 18.4 Å². The average Bonchev–Trinajstić information content (AvgIpc) is 3.59. The normalized spacial score (nSPS) is 16.5. The molecule has 1 aliphatic carbocycles. The fourth-order valence-electron chi connectivity index (χ4n) is 3.62. The zero-order valence-electron chi connectivity index (χ0n) is 18.4. The third kappa shape index (κ3) is 4.83. The van der Waals surface area contributed by atoms with Gasteiger partial charge in [-0.25, -0.2) is 13.1 Å². The van der Waals surface area contributed by atoms with Crippen molar-refractivity contribution in [2.24, 2.45) is 5.92 Å². The highest BCUT2D eigenvalue weighted by Crippen LogP contribution is 2.35. The minimum Gasteiger partial charge on any atom is -0.495 e. The highest BCUT2D eigenvalue weighted by atomic mass is 32.2. The van der Waals surface area contributed by atoms with Crippen LogP contribution in [0.1, 0.15) is 48.7 Å². The summed E-state index contributed by atoms with van der Waals surface area (Å²) in [5.74, 6) is 1.24. The van der Waals surface area contributed by atoms with E-state index in [1.54, 1.807) is 6.07 Å². The molecular weight excluding hydrogens is 432 g/mol. The van der Waals surface area contributed by atoms with Gasteiger partial charge >= 0.3 is 0 Å². The highest BCUT2D eigenvalue weighted by molar-refractivity contribution is 7.89. The van der Waals surface area contributed by atoms with Crippen LogP contribution >= 0.6 is 0 Å². The summed E-state index contributed by atoms with van der Waals surface area (Å²) in [4.78, 5) is 13.1. The number of fused-ring (bicyclic) bond motifs is 1. The molecular formula is C23H28N2O6S. The molecule has 1 aliphatic heterocycles. The van der Waals surface area contributed by atoms with Gasteiger partial charge in [-0.1, -0.05) is 19.9 Å². The number of sulfonamides is 1. The van der Waals surface area contributed by atoms with Crippen molar-refractivity contribution in [1.29, 1.82) is 0 Å². The summed E-state index contributed by atoms with van der Waals surface area (Å²) < 4.78 is 44.7. The summed E-state index contributed by atoms with van der Waals surface area (Å²) in [6.45, 7) is 5.00. The number of amides is 1. The smallest absolute Gasteiger partial charge is 0.251 e. The molecule has 0 saturated heterocycles. The number of methoxy groups -OCH3 is 1. The van der Waals surface area contributed by atoms with E-state index in [-0.39, 0.29) is 40.1 Å². The first kappa shape index (κ1) is 22.4. The SMILES string of the molecule is COc1ccc(C(=O)NC(c2ccc3c(c2)OCCO3)C(C)C)cc1S(=O)(=O)NC1CC1. The Labute approximate surface area is 188 Å². The van der Waals surface area contributed by atoms with Crippen molar-refractivity contribution in [2.45, 2.75) is 43.7 Å². The molecule has 0 bridgehead atoms. The topological polar surface area (TPSA) is 103 Å². The van der Waals surface area contributed by atoms with Crippen molar-refractivity contribution in [1.82, 2.24) is 10.0 Å². The minimum atomic E-state index is -3.79. The van der Waals surface area contributed by atoms with Crippen LogP contribution in [0.5, 0.6) is 17.2 Å². The Morgan fingerprint density at radius 2 is 1.78 bits per heavy atom. The standard InChI is InChI=1S/C23H28N2O6S/c1-14(2)22(15-4-8-18-20(12-15)31-11-10-30-18)24-23(26)16-5-9-19(29-3)21(13-16)32(27,28)25-17-6-7-17/h4-5,8-9,12-14,17,22,25H,6-7,10-11H2,1-3H3,(H,24,26). The van der Waals surface area contributed by atoms with E-state index < -0.39 is 10.0 Å². The number of hydrogen-bond acceptors (Lipinski definition) is 6. The fraction of sp³-hybridized carbons (Fsp3) is 0.435. The maximum atomic E-state index is 13.1. The van der Waals surface area contributed by atoms with Crippen molar-refractivity contribution in [2.75, 3.05) is 20.3 Å². The lowest BCUT2D eigenvalue weighted by Gasteiger charge is -2.25. The summed E-state index contributed by atoms with van der Waals surface area (Å²) in [6, 6.07) is 9.70. The van der Waals surface area contributed by atoms with Gasteiger partial charge in [0.05, 0.1) is 13.2 Å². The van der Waals surface area contributed by atoms with Crippen LogP contribution in [0.15, 0.2) is 41.3 Å². The molecule has 2 aromatic carbocycles. The van der Waals surface area contributed by atoms with Gasteiger partial charge in [-0.05, 0) is 54.7 Å². The first-order valence-corrected chi connectivity index (χ1v) is 12.2. The van der Waals surface area contributed by atoms with Gasteiger partial charge in [0.2, 0.25) is 10.0 Å². The van der Waals surface area contributed by atoms with Crippen LogP contribution < -0.4 is 24.2 Å². The molecule has 0 aromatic heterocycles. The Balaban J connectivity index is 1.59. The Hall–Kier alpha value is -2.78. The van der Waals surface area contributed by atoms with Gasteiger partial charge < -0.3 is 19.5 Å². The van der Waals surface area contributed by atoms with Crippen molar-refractivity contribution >= 4 is 15.9 Å². The number of benzene rings is 2. The first-order valence-electron chi connectivity index (χ1n) is 10.7. The van der Waals surface area contributed by atoms with Crippen LogP contribution in [-0.4, -0.2) is 40.7 Å². The maximum Gasteiger partial charge on any atom is 0.251 e. The maximum absolute atomic E-state index is 13.1. The van der Waals surface area contributed by atoms with E-state index in [1.165, 1.54) is 19.2 Å². The number of carbonyl (C=O) groups excluding carboxylic acids is 1. The predicted octanol–water partition coefficient (Wildman–Crippen LogP) is 3.03. The predicted molar refractivity (Wildman–Crippen MR) is 119 cm³/mol. The van der Waals surface area contributed by atoms with Crippen LogP contribution in [0.4, 0.5) is 0 Å². The van der Waals surface area contributed by atoms with Gasteiger partial charge in [0, 0.05) is 11.6 Å². The minimum absolute atomic E-state index is 0.0417. The molecule has 172 valence electrons. The first-order chi connectivity index (χ1) is 15.3. The fourth-order valence-corrected chi connectivity index (χ4v) is 5.12. The summed E-state index contributed by atoms with van der Waals surface area (Å²) in [6.07, 6.45) is 1.63. The van der Waals surface area contributed by atoms with Crippen molar-refractivity contribution in [3.63, 3.8) is 0 Å². The third-order valence-electron chi connectivity index (χ3n) is 5.49. The highest BCUT2D eigenvalue weighted by Gasteiger charge is 2.31. The van der Waals surface area contributed by atoms with Gasteiger partial charge in [0.25, 0.3) is 5.91 Å². The zero-order chi connectivity index (χ0) is 22.9. The van der Waals surface area contributed by atoms with Gasteiger partial charge in [0.1, 0.15) is 23.9 Å². The molecule has 1 fully saturated rings. The number of hydrogen-bond donors (Lipinski definition) is 2. The lowest BCUT2D eigenvalue weighted by molar-refractivity contribution is 0.0925. The Morgan fingerprint density at radius 3 is 2.44 bits per heavy atom. The van der Waals surface area contributed by atoms with Crippen molar-refractivity contribution < 1.29 is 27.4 Å². The Morgan fingerprint density at radius 1 is 1.06 bits per heavy atom. The zero-order valence-corrected chi connectivity index (χ0v) is 19.2. The van der Waals surface area contributed by atoms with E-state index in [1.807, 2.05) is 32.0 Å². The molecule has 1 amide bonds. The Bertz CT molecular complexity index is 1110. The second kappa shape index (κ2) is 8.99. The lowest BCUT2D eigenvalue weighted by Crippen LogP contribution is -2.32. The number of nitrogens with one attached hydrogen (secondary N) is 2. The molecule has 1 unspecified atom stereocenters. The molecule has 2 N–H and O–H groups in total. The molecule has 9 heteroatoms. The summed E-state index contributed by atoms with van der Waals surface area (Å²) in [5.41, 5.74) is 1.12. The van der Waals surface area contributed by atoms with Crippen LogP contribution in [0.2, 0.25) is 0 Å². The summed E-state index contributed by atoms with van der Waals surface area (Å²) >= 11 is 0. The molecule has 2 aromatic rings. The van der Waals surface area contributed by atoms with E-state index in [2.05, 4.69) is 10.0 Å². The number of rotatable bonds is 8. The molecule has 0 spiro atoms. The molecule has 8 nitrogen and oxygen atoms in total. The van der Waals surface area contributed by atoms with Crippen LogP contribution in [-0.2, 0) is 10.0 Å². The molecule has 32 heavy (non-hydrogen) atoms. The molecule has 0 radical (unpaired) electrons. The van der Waals surface area contributed by atoms with Gasteiger partial charge in [-0.3, -0.25) is 4.79 Å². The van der Waals surface area contributed by atoms with Crippen molar-refractivity contribution in [3.05, 3.63) is 47.5 Å². The van der Waals surface area contributed by atoms with Crippen LogP contribution in [0, 0.1) is 5.92 Å². The average molecular weight is 461 g/mol.